The van der Waals surface area contributed by atoms with E-state index < -0.39 is 0 Å². The van der Waals surface area contributed by atoms with Crippen LogP contribution in [0.25, 0.3) is 0 Å². The van der Waals surface area contributed by atoms with Gasteiger partial charge in [-0.05, 0) is 30.5 Å². The van der Waals surface area contributed by atoms with E-state index in [1.165, 1.54) is 18.4 Å². The molecule has 0 unspecified atom stereocenters. The smallest absolute Gasteiger partial charge is 0.101 e. The van der Waals surface area contributed by atoms with Crippen LogP contribution in [0, 0.1) is 11.3 Å². The molecule has 0 atom stereocenters. The summed E-state index contributed by atoms with van der Waals surface area (Å²) in [5.41, 5.74) is 3.02. The molecule has 0 bridgehead atoms. The average Bonchev–Trinajstić information content (AvgIpc) is 3.19. The summed E-state index contributed by atoms with van der Waals surface area (Å²) in [7, 11) is 2.08. The average molecular weight is 243 g/mol. The van der Waals surface area contributed by atoms with Gasteiger partial charge in [0.25, 0.3) is 0 Å². The summed E-state index contributed by atoms with van der Waals surface area (Å²) in [6, 6.07) is 9.61. The number of rotatable bonds is 5. The van der Waals surface area contributed by atoms with Crippen molar-refractivity contribution in [3.8, 4) is 6.07 Å². The molecule has 1 aromatic rings. The fraction of sp³-hybridized carbons (Fsp3) is 0.533. The quantitative estimate of drug-likeness (QED) is 0.864. The predicted molar refractivity (Wildman–Crippen MR) is 74.6 cm³/mol. The van der Waals surface area contributed by atoms with Gasteiger partial charge in [0.2, 0.25) is 0 Å². The second kappa shape index (κ2) is 5.41. The third-order valence-electron chi connectivity index (χ3n) is 3.37. The Labute approximate surface area is 109 Å². The van der Waals surface area contributed by atoms with E-state index in [0.29, 0.717) is 12.1 Å². The van der Waals surface area contributed by atoms with Crippen LogP contribution in [0.2, 0.25) is 0 Å². The third kappa shape index (κ3) is 3.02. The molecule has 18 heavy (non-hydrogen) atoms. The third-order valence-corrected chi connectivity index (χ3v) is 3.37. The molecule has 0 aromatic heterocycles. The lowest BCUT2D eigenvalue weighted by Crippen LogP contribution is -2.23. The summed E-state index contributed by atoms with van der Waals surface area (Å²) in [5.74, 6) is 0. The molecule has 0 heterocycles. The normalized spacial score (nSPS) is 14.6. The molecule has 3 nitrogen and oxygen atoms in total. The Morgan fingerprint density at radius 1 is 1.44 bits per heavy atom. The first-order valence-corrected chi connectivity index (χ1v) is 6.61. The van der Waals surface area contributed by atoms with E-state index in [9.17, 15) is 5.26 Å². The molecule has 0 aliphatic heterocycles. The molecule has 96 valence electrons. The monoisotopic (exact) mass is 243 g/mol. The molecule has 1 N–H and O–H groups in total. The van der Waals surface area contributed by atoms with Gasteiger partial charge in [0.05, 0.1) is 11.3 Å². The largest absolute Gasteiger partial charge is 0.371 e. The number of nitrogens with one attached hydrogen (secondary N) is 1. The lowest BCUT2D eigenvalue weighted by Gasteiger charge is -2.20. The van der Waals surface area contributed by atoms with Crippen molar-refractivity contribution >= 4 is 5.69 Å². The standard InChI is InChI=1S/C15H21N3/c1-11(2)17-10-12-4-7-15(13(8-12)9-16)18(3)14-5-6-14/h4,7-8,11,14,17H,5-6,10H2,1-3H3. The maximum atomic E-state index is 9.27. The first-order valence-electron chi connectivity index (χ1n) is 6.61. The number of nitrogens with zero attached hydrogens (tertiary/aromatic N) is 2. The Morgan fingerprint density at radius 3 is 2.72 bits per heavy atom. The minimum absolute atomic E-state index is 0.462. The van der Waals surface area contributed by atoms with E-state index in [-0.39, 0.29) is 0 Å². The van der Waals surface area contributed by atoms with Crippen LogP contribution in [-0.4, -0.2) is 19.1 Å². The molecule has 0 radical (unpaired) electrons. The predicted octanol–water partition coefficient (Wildman–Crippen LogP) is 2.65. The van der Waals surface area contributed by atoms with E-state index in [4.69, 9.17) is 0 Å². The molecular weight excluding hydrogens is 222 g/mol. The maximum absolute atomic E-state index is 9.27. The Kier molecular flexibility index (Phi) is 3.88. The maximum Gasteiger partial charge on any atom is 0.101 e. The molecule has 3 heteroatoms. The van der Waals surface area contributed by atoms with Crippen LogP contribution < -0.4 is 10.2 Å². The summed E-state index contributed by atoms with van der Waals surface area (Å²) < 4.78 is 0. The molecule has 0 saturated heterocycles. The highest BCUT2D eigenvalue weighted by Crippen LogP contribution is 2.32. The zero-order valence-corrected chi connectivity index (χ0v) is 11.4. The lowest BCUT2D eigenvalue weighted by molar-refractivity contribution is 0.589. The summed E-state index contributed by atoms with van der Waals surface area (Å²) in [6.45, 7) is 5.07. The number of hydrogen-bond acceptors (Lipinski definition) is 3. The van der Waals surface area contributed by atoms with E-state index in [1.54, 1.807) is 0 Å². The van der Waals surface area contributed by atoms with Gasteiger partial charge in [0.15, 0.2) is 0 Å². The fourth-order valence-corrected chi connectivity index (χ4v) is 2.07. The molecule has 0 spiro atoms. The molecule has 1 aromatic carbocycles. The molecule has 1 aliphatic carbocycles. The minimum atomic E-state index is 0.462. The fourth-order valence-electron chi connectivity index (χ4n) is 2.07. The highest BCUT2D eigenvalue weighted by atomic mass is 15.2. The molecule has 1 saturated carbocycles. The second-order valence-corrected chi connectivity index (χ2v) is 5.34. The van der Waals surface area contributed by atoms with Gasteiger partial charge in [-0.2, -0.15) is 5.26 Å². The Balaban J connectivity index is 2.15. The molecule has 1 fully saturated rings. The van der Waals surface area contributed by atoms with Crippen LogP contribution in [0.5, 0.6) is 0 Å². The van der Waals surface area contributed by atoms with Crippen LogP contribution in [0.1, 0.15) is 37.8 Å². The van der Waals surface area contributed by atoms with E-state index in [0.717, 1.165) is 17.8 Å². The second-order valence-electron chi connectivity index (χ2n) is 5.34. The summed E-state index contributed by atoms with van der Waals surface area (Å²) >= 11 is 0. The van der Waals surface area contributed by atoms with Gasteiger partial charge >= 0.3 is 0 Å². The van der Waals surface area contributed by atoms with Gasteiger partial charge in [-0.25, -0.2) is 0 Å². The zero-order valence-electron chi connectivity index (χ0n) is 11.4. The Hall–Kier alpha value is -1.53. The Morgan fingerprint density at radius 2 is 2.17 bits per heavy atom. The van der Waals surface area contributed by atoms with Gasteiger partial charge in [0, 0.05) is 25.7 Å². The van der Waals surface area contributed by atoms with Gasteiger partial charge in [-0.3, -0.25) is 0 Å². The molecule has 0 amide bonds. The van der Waals surface area contributed by atoms with Crippen LogP contribution in [0.4, 0.5) is 5.69 Å². The first kappa shape index (κ1) is 12.9. The van der Waals surface area contributed by atoms with Gasteiger partial charge < -0.3 is 10.2 Å². The zero-order chi connectivity index (χ0) is 13.1. The first-order chi connectivity index (χ1) is 8.61. The van der Waals surface area contributed by atoms with E-state index in [1.807, 2.05) is 6.07 Å². The van der Waals surface area contributed by atoms with Gasteiger partial charge in [-0.15, -0.1) is 0 Å². The van der Waals surface area contributed by atoms with E-state index in [2.05, 4.69) is 49.3 Å². The van der Waals surface area contributed by atoms with Gasteiger partial charge in [0.1, 0.15) is 6.07 Å². The van der Waals surface area contributed by atoms with Crippen LogP contribution in [0.15, 0.2) is 18.2 Å². The summed E-state index contributed by atoms with van der Waals surface area (Å²) in [6.07, 6.45) is 2.50. The topological polar surface area (TPSA) is 39.1 Å². The highest BCUT2D eigenvalue weighted by molar-refractivity contribution is 5.61. The summed E-state index contributed by atoms with van der Waals surface area (Å²) in [5, 5.41) is 12.6. The highest BCUT2D eigenvalue weighted by Gasteiger charge is 2.27. The lowest BCUT2D eigenvalue weighted by atomic mass is 10.1. The molecular formula is C15H21N3. The van der Waals surface area contributed by atoms with Crippen molar-refractivity contribution in [3.05, 3.63) is 29.3 Å². The van der Waals surface area contributed by atoms with Crippen LogP contribution in [0.3, 0.4) is 0 Å². The van der Waals surface area contributed by atoms with Crippen molar-refractivity contribution in [2.75, 3.05) is 11.9 Å². The molecule has 2 rings (SSSR count). The van der Waals surface area contributed by atoms with Crippen molar-refractivity contribution in [3.63, 3.8) is 0 Å². The molecule has 1 aliphatic rings. The van der Waals surface area contributed by atoms with Crippen molar-refractivity contribution < 1.29 is 0 Å². The van der Waals surface area contributed by atoms with Crippen LogP contribution in [-0.2, 0) is 6.54 Å². The minimum Gasteiger partial charge on any atom is -0.371 e. The number of anilines is 1. The van der Waals surface area contributed by atoms with Crippen molar-refractivity contribution in [1.82, 2.24) is 5.32 Å². The summed E-state index contributed by atoms with van der Waals surface area (Å²) in [4.78, 5) is 2.23. The van der Waals surface area contributed by atoms with Gasteiger partial charge in [-0.1, -0.05) is 19.9 Å². The van der Waals surface area contributed by atoms with Crippen LogP contribution >= 0.6 is 0 Å². The van der Waals surface area contributed by atoms with Crippen molar-refractivity contribution in [2.45, 2.75) is 45.3 Å². The Bertz CT molecular complexity index is 455. The number of nitriles is 1. The van der Waals surface area contributed by atoms with Crippen molar-refractivity contribution in [2.24, 2.45) is 0 Å². The van der Waals surface area contributed by atoms with E-state index >= 15 is 0 Å². The van der Waals surface area contributed by atoms with Crippen molar-refractivity contribution in [1.29, 1.82) is 5.26 Å². The SMILES string of the molecule is CC(C)NCc1ccc(N(C)C2CC2)c(C#N)c1. The number of benzene rings is 1. The number of hydrogen-bond donors (Lipinski definition) is 1.